The summed E-state index contributed by atoms with van der Waals surface area (Å²) in [5, 5.41) is 3.03. The zero-order chi connectivity index (χ0) is 20.6. The minimum Gasteiger partial charge on any atom is -0.497 e. The number of hydrogen-bond donors (Lipinski definition) is 1. The van der Waals surface area contributed by atoms with Crippen LogP contribution in [-0.4, -0.2) is 44.2 Å². The van der Waals surface area contributed by atoms with Gasteiger partial charge in [0.15, 0.2) is 6.61 Å². The van der Waals surface area contributed by atoms with E-state index in [1.807, 2.05) is 38.1 Å². The summed E-state index contributed by atoms with van der Waals surface area (Å²) < 4.78 is 10.9. The molecule has 1 fully saturated rings. The molecule has 0 unspecified atom stereocenters. The van der Waals surface area contributed by atoms with Gasteiger partial charge in [-0.2, -0.15) is 0 Å². The van der Waals surface area contributed by atoms with Gasteiger partial charge in [0, 0.05) is 13.1 Å². The number of nitrogens with zero attached hydrogens (tertiary/aromatic N) is 1. The molecule has 0 spiro atoms. The number of carbonyl (C=O) groups is 1. The van der Waals surface area contributed by atoms with Crippen molar-refractivity contribution in [3.63, 3.8) is 0 Å². The van der Waals surface area contributed by atoms with E-state index in [-0.39, 0.29) is 12.5 Å². The lowest BCUT2D eigenvalue weighted by molar-refractivity contribution is -0.123. The van der Waals surface area contributed by atoms with Crippen molar-refractivity contribution in [1.29, 1.82) is 0 Å². The van der Waals surface area contributed by atoms with Crippen LogP contribution < -0.4 is 14.8 Å². The first-order chi connectivity index (χ1) is 14.0. The number of piperidine rings is 1. The number of benzene rings is 2. The predicted octanol–water partition coefficient (Wildman–Crippen LogP) is 3.72. The van der Waals surface area contributed by atoms with E-state index in [1.54, 1.807) is 7.11 Å². The van der Waals surface area contributed by atoms with Gasteiger partial charge in [0.25, 0.3) is 5.91 Å². The van der Waals surface area contributed by atoms with E-state index in [0.717, 1.165) is 56.1 Å². The molecule has 1 aliphatic rings. The van der Waals surface area contributed by atoms with Crippen molar-refractivity contribution in [2.75, 3.05) is 33.4 Å². The van der Waals surface area contributed by atoms with Crippen molar-refractivity contribution >= 4 is 5.91 Å². The van der Waals surface area contributed by atoms with E-state index in [2.05, 4.69) is 28.4 Å². The maximum absolute atomic E-state index is 12.1. The van der Waals surface area contributed by atoms with E-state index in [1.165, 1.54) is 11.1 Å². The molecule has 0 atom stereocenters. The first-order valence-electron chi connectivity index (χ1n) is 10.4. The van der Waals surface area contributed by atoms with Crippen molar-refractivity contribution in [3.05, 3.63) is 59.2 Å². The highest BCUT2D eigenvalue weighted by atomic mass is 16.5. The number of rotatable bonds is 8. The largest absolute Gasteiger partial charge is 0.497 e. The number of hydrogen-bond acceptors (Lipinski definition) is 4. The van der Waals surface area contributed by atoms with Crippen molar-refractivity contribution in [2.24, 2.45) is 5.92 Å². The molecule has 29 heavy (non-hydrogen) atoms. The van der Waals surface area contributed by atoms with Crippen LogP contribution in [0.4, 0.5) is 0 Å². The Morgan fingerprint density at radius 3 is 2.48 bits per heavy atom. The highest BCUT2D eigenvalue weighted by Gasteiger charge is 2.20. The molecule has 0 radical (unpaired) electrons. The highest BCUT2D eigenvalue weighted by molar-refractivity contribution is 5.77. The number of amides is 1. The molecule has 5 heteroatoms. The van der Waals surface area contributed by atoms with Crippen molar-refractivity contribution in [1.82, 2.24) is 10.2 Å². The quantitative estimate of drug-likeness (QED) is 0.739. The van der Waals surface area contributed by atoms with Crippen LogP contribution in [-0.2, 0) is 11.3 Å². The van der Waals surface area contributed by atoms with Crippen molar-refractivity contribution in [3.8, 4) is 11.5 Å². The zero-order valence-electron chi connectivity index (χ0n) is 17.7. The van der Waals surface area contributed by atoms with Gasteiger partial charge in [-0.05, 0) is 75.0 Å². The Morgan fingerprint density at radius 2 is 1.83 bits per heavy atom. The van der Waals surface area contributed by atoms with Gasteiger partial charge in [-0.25, -0.2) is 0 Å². The highest BCUT2D eigenvalue weighted by Crippen LogP contribution is 2.20. The molecule has 0 aromatic heterocycles. The van der Waals surface area contributed by atoms with E-state index >= 15 is 0 Å². The van der Waals surface area contributed by atoms with Gasteiger partial charge in [-0.1, -0.05) is 29.8 Å². The van der Waals surface area contributed by atoms with Gasteiger partial charge in [0.05, 0.1) is 7.11 Å². The number of ether oxygens (including phenoxy) is 2. The smallest absolute Gasteiger partial charge is 0.257 e. The van der Waals surface area contributed by atoms with Crippen LogP contribution in [0.3, 0.4) is 0 Å². The normalized spacial score (nSPS) is 15.1. The molecule has 0 saturated carbocycles. The SMILES string of the molecule is COc1ccc(CN2CCC(CNC(=O)COc3ccc(C)cc3C)CC2)cc1. The molecule has 1 heterocycles. The number of methoxy groups -OCH3 is 1. The van der Waals surface area contributed by atoms with Crippen LogP contribution in [0.5, 0.6) is 11.5 Å². The maximum Gasteiger partial charge on any atom is 0.257 e. The maximum atomic E-state index is 12.1. The summed E-state index contributed by atoms with van der Waals surface area (Å²) in [7, 11) is 1.69. The van der Waals surface area contributed by atoms with Gasteiger partial charge in [-0.3, -0.25) is 9.69 Å². The molecule has 156 valence electrons. The van der Waals surface area contributed by atoms with Gasteiger partial charge in [0.1, 0.15) is 11.5 Å². The number of aryl methyl sites for hydroxylation is 2. The first kappa shape index (κ1) is 21.2. The minimum absolute atomic E-state index is 0.0503. The Kier molecular flexibility index (Phi) is 7.53. The van der Waals surface area contributed by atoms with Crippen LogP contribution in [0.2, 0.25) is 0 Å². The van der Waals surface area contributed by atoms with E-state index < -0.39 is 0 Å². The molecule has 3 rings (SSSR count). The molecule has 2 aromatic rings. The fourth-order valence-electron chi connectivity index (χ4n) is 3.75. The standard InChI is InChI=1S/C24H32N2O3/c1-18-4-9-23(19(2)14-18)29-17-24(27)25-15-20-10-12-26(13-11-20)16-21-5-7-22(28-3)8-6-21/h4-9,14,20H,10-13,15-17H2,1-3H3,(H,25,27). The average molecular weight is 397 g/mol. The summed E-state index contributed by atoms with van der Waals surface area (Å²) in [5.74, 6) is 2.15. The van der Waals surface area contributed by atoms with Crippen molar-refractivity contribution in [2.45, 2.75) is 33.2 Å². The summed E-state index contributed by atoms with van der Waals surface area (Å²) in [5.41, 5.74) is 3.56. The van der Waals surface area contributed by atoms with Crippen LogP contribution in [0.15, 0.2) is 42.5 Å². The molecule has 1 aliphatic heterocycles. The van der Waals surface area contributed by atoms with E-state index in [9.17, 15) is 4.79 Å². The predicted molar refractivity (Wildman–Crippen MR) is 115 cm³/mol. The van der Waals surface area contributed by atoms with Crippen LogP contribution in [0, 0.1) is 19.8 Å². The Hall–Kier alpha value is -2.53. The van der Waals surface area contributed by atoms with Crippen molar-refractivity contribution < 1.29 is 14.3 Å². The molecule has 0 bridgehead atoms. The Morgan fingerprint density at radius 1 is 1.10 bits per heavy atom. The van der Waals surface area contributed by atoms with E-state index in [4.69, 9.17) is 9.47 Å². The third-order valence-corrected chi connectivity index (χ3v) is 5.55. The molecule has 1 N–H and O–H groups in total. The molecule has 2 aromatic carbocycles. The fourth-order valence-corrected chi connectivity index (χ4v) is 3.75. The minimum atomic E-state index is -0.0503. The molecular formula is C24H32N2O3. The molecule has 1 amide bonds. The van der Waals surface area contributed by atoms with Crippen LogP contribution >= 0.6 is 0 Å². The third-order valence-electron chi connectivity index (χ3n) is 5.55. The molecule has 5 nitrogen and oxygen atoms in total. The van der Waals surface area contributed by atoms with Gasteiger partial charge in [-0.15, -0.1) is 0 Å². The Balaban J connectivity index is 1.34. The second kappa shape index (κ2) is 10.3. The topological polar surface area (TPSA) is 50.8 Å². The molecule has 1 saturated heterocycles. The van der Waals surface area contributed by atoms with E-state index in [0.29, 0.717) is 5.92 Å². The summed E-state index contributed by atoms with van der Waals surface area (Å²) in [4.78, 5) is 14.6. The van der Waals surface area contributed by atoms with Crippen LogP contribution in [0.25, 0.3) is 0 Å². The number of carbonyl (C=O) groups excluding carboxylic acids is 1. The number of nitrogens with one attached hydrogen (secondary N) is 1. The second-order valence-electron chi connectivity index (χ2n) is 7.93. The van der Waals surface area contributed by atoms with Crippen LogP contribution in [0.1, 0.15) is 29.5 Å². The molecule has 0 aliphatic carbocycles. The number of likely N-dealkylation sites (tertiary alicyclic amines) is 1. The van der Waals surface area contributed by atoms with Gasteiger partial charge >= 0.3 is 0 Å². The lowest BCUT2D eigenvalue weighted by atomic mass is 9.96. The summed E-state index contributed by atoms with van der Waals surface area (Å²) in [6.45, 7) is 7.93. The molecular weight excluding hydrogens is 364 g/mol. The summed E-state index contributed by atoms with van der Waals surface area (Å²) in [6, 6.07) is 14.3. The zero-order valence-corrected chi connectivity index (χ0v) is 17.7. The second-order valence-corrected chi connectivity index (χ2v) is 7.93. The average Bonchev–Trinajstić information content (AvgIpc) is 2.73. The Bertz CT molecular complexity index is 796. The fraction of sp³-hybridized carbons (Fsp3) is 0.458. The van der Waals surface area contributed by atoms with Gasteiger partial charge < -0.3 is 14.8 Å². The first-order valence-corrected chi connectivity index (χ1v) is 10.4. The summed E-state index contributed by atoms with van der Waals surface area (Å²) >= 11 is 0. The van der Waals surface area contributed by atoms with Gasteiger partial charge in [0.2, 0.25) is 0 Å². The lowest BCUT2D eigenvalue weighted by Crippen LogP contribution is -2.39. The summed E-state index contributed by atoms with van der Waals surface area (Å²) in [6.07, 6.45) is 2.21. The third kappa shape index (κ3) is 6.50. The monoisotopic (exact) mass is 396 g/mol. The lowest BCUT2D eigenvalue weighted by Gasteiger charge is -2.32. The Labute approximate surface area is 174 Å².